The molecule has 3 saturated heterocycles. The summed E-state index contributed by atoms with van der Waals surface area (Å²) in [4.78, 5) is 122. The zero-order valence-electron chi connectivity index (χ0n) is 65.2. The molecule has 6 aromatic carbocycles. The Balaban J connectivity index is 1.11. The van der Waals surface area contributed by atoms with Gasteiger partial charge >= 0.3 is 42.2 Å². The van der Waals surface area contributed by atoms with E-state index in [0.717, 1.165) is 27.7 Å². The Bertz CT molecular complexity index is 4410. The minimum absolute atomic E-state index is 0.00285. The summed E-state index contributed by atoms with van der Waals surface area (Å²) in [7, 11) is 0. The van der Waals surface area contributed by atoms with Crippen molar-refractivity contribution in [2.45, 2.75) is 216 Å². The van der Waals surface area contributed by atoms with Crippen LogP contribution in [0.1, 0.15) is 87.3 Å². The highest BCUT2D eigenvalue weighted by atomic mass is 16.8. The average molecular weight is 1630 g/mol. The van der Waals surface area contributed by atoms with E-state index >= 15 is 9.59 Å². The number of amides is 4. The molecule has 4 aliphatic rings. The maximum absolute atomic E-state index is 15.8. The number of esters is 4. The number of benzene rings is 6. The van der Waals surface area contributed by atoms with Gasteiger partial charge in [-0.3, -0.25) is 28.9 Å². The number of carbonyl (C=O) groups excluding carboxylic acids is 8. The van der Waals surface area contributed by atoms with Crippen LogP contribution in [0.4, 0.5) is 14.4 Å². The molecule has 4 N–H and O–H groups in total. The van der Waals surface area contributed by atoms with Crippen molar-refractivity contribution < 1.29 is 115 Å². The maximum Gasteiger partial charge on any atom is 0.410 e. The Morgan fingerprint density at radius 2 is 0.992 bits per heavy atom. The molecule has 0 unspecified atom stereocenters. The van der Waals surface area contributed by atoms with Crippen LogP contribution in [0.15, 0.2) is 197 Å². The summed E-state index contributed by atoms with van der Waals surface area (Å²) < 4.78 is 94.6. The molecule has 4 amide bonds. The highest BCUT2D eigenvalue weighted by Gasteiger charge is 2.61. The first kappa shape index (κ1) is 88.4. The van der Waals surface area contributed by atoms with Crippen LogP contribution >= 0.6 is 0 Å². The summed E-state index contributed by atoms with van der Waals surface area (Å²) >= 11 is 0. The Morgan fingerprint density at radius 3 is 1.54 bits per heavy atom. The van der Waals surface area contributed by atoms with Gasteiger partial charge in [-0.1, -0.05) is 197 Å². The summed E-state index contributed by atoms with van der Waals surface area (Å²) in [5.41, 5.74) is 33.9. The van der Waals surface area contributed by atoms with E-state index in [1.54, 1.807) is 165 Å². The Kier molecular flexibility index (Phi) is 33.7. The monoisotopic (exact) mass is 1630 g/mol. The van der Waals surface area contributed by atoms with Crippen LogP contribution in [-0.4, -0.2) is 200 Å². The first-order valence-electron chi connectivity index (χ1n) is 38.1. The van der Waals surface area contributed by atoms with Crippen molar-refractivity contribution >= 4 is 48.1 Å². The Morgan fingerprint density at radius 1 is 0.492 bits per heavy atom. The smallest absolute Gasteiger partial charge is 0.410 e. The molecule has 626 valence electrons. The fourth-order valence-corrected chi connectivity index (χ4v) is 13.9. The average Bonchev–Trinajstić information content (AvgIpc) is 0.889. The van der Waals surface area contributed by atoms with E-state index in [1.165, 1.54) is 4.90 Å². The van der Waals surface area contributed by atoms with Crippen LogP contribution in [0, 0.1) is 0 Å². The van der Waals surface area contributed by atoms with Crippen LogP contribution in [0.5, 0.6) is 0 Å². The van der Waals surface area contributed by atoms with Gasteiger partial charge in [0.15, 0.2) is 37.2 Å². The number of hydrogen-bond acceptors (Lipinski definition) is 27. The van der Waals surface area contributed by atoms with Crippen LogP contribution < -0.4 is 16.0 Å². The van der Waals surface area contributed by atoms with Crippen molar-refractivity contribution in [2.24, 2.45) is 15.3 Å². The van der Waals surface area contributed by atoms with E-state index in [1.807, 2.05) is 24.3 Å². The fraction of sp³-hybridized carbons (Fsp3) is 0.457. The summed E-state index contributed by atoms with van der Waals surface area (Å²) in [6.45, 7) is 3.06. The molecule has 0 spiro atoms. The molecule has 1 saturated carbocycles. The van der Waals surface area contributed by atoms with Crippen molar-refractivity contribution in [1.29, 1.82) is 0 Å². The Hall–Kier alpha value is -11.9. The topological polar surface area (TPSA) is 481 Å². The fourth-order valence-electron chi connectivity index (χ4n) is 13.9. The van der Waals surface area contributed by atoms with Crippen LogP contribution in [-0.2, 0) is 135 Å². The second-order valence-corrected chi connectivity index (χ2v) is 27.9. The highest BCUT2D eigenvalue weighted by Crippen LogP contribution is 2.40. The van der Waals surface area contributed by atoms with E-state index in [9.17, 15) is 50.5 Å². The number of rotatable bonds is 37. The van der Waals surface area contributed by atoms with Gasteiger partial charge < -0.3 is 92.1 Å². The van der Waals surface area contributed by atoms with Crippen molar-refractivity contribution in [3.05, 3.63) is 247 Å². The van der Waals surface area contributed by atoms with Gasteiger partial charge in [0, 0.05) is 61.9 Å². The van der Waals surface area contributed by atoms with E-state index in [0.29, 0.717) is 33.4 Å². The van der Waals surface area contributed by atoms with E-state index in [2.05, 4.69) is 46.0 Å². The number of azide groups is 3. The van der Waals surface area contributed by atoms with Gasteiger partial charge in [-0.25, -0.2) is 14.4 Å². The molecule has 4 fully saturated rings. The molecule has 118 heavy (non-hydrogen) atoms. The molecular formula is C81H93N13O24. The predicted octanol–water partition coefficient (Wildman–Crippen LogP) is 9.99. The van der Waals surface area contributed by atoms with Crippen LogP contribution in [0.3, 0.4) is 0 Å². The summed E-state index contributed by atoms with van der Waals surface area (Å²) in [6.07, 6.45) is -29.9. The number of aliphatic hydroxyl groups excluding tert-OH is 1. The Labute approximate surface area is 678 Å². The first-order chi connectivity index (χ1) is 57.2. The molecule has 0 radical (unpaired) electrons. The van der Waals surface area contributed by atoms with Gasteiger partial charge in [0.2, 0.25) is 5.91 Å². The summed E-state index contributed by atoms with van der Waals surface area (Å²) in [5.74, 6) is -4.82. The van der Waals surface area contributed by atoms with E-state index < -0.39 is 184 Å². The van der Waals surface area contributed by atoms with Gasteiger partial charge in [0.05, 0.1) is 50.0 Å². The molecule has 0 aromatic heterocycles. The third-order valence-corrected chi connectivity index (χ3v) is 19.5. The number of ether oxygens (including phenoxy) is 15. The SMILES string of the molecule is CC(=O)OC[C@H]1O[C@@H](O[C@@H]2[C@@H](O)[C@H](NC(=O)[C@H](CCNC(=O)OCc3ccccc3)OCc3ccccc3)[C@@H](OCc3ccccc3)[C@H](NC(=O)OCc3ccccc3)[C@H]2O[C@H]2O[C@H]([C@@H](C)N(Cc3ccccc3)C(=O)OCc3ccccc3)CC[C@H]2N=[N+]=[N-])[C@H](OC(C)=O)[C@@H]1O[C@H]1O[C@@H](CN=[N+]=[N-])[C@@H](OC(C)=O)[C@H](OC(C)=O)[C@H]1N=[N+]=[N-]. The third kappa shape index (κ3) is 25.8. The first-order valence-corrected chi connectivity index (χ1v) is 38.1. The third-order valence-electron chi connectivity index (χ3n) is 19.5. The number of nitrogens with zero attached hydrogens (tertiary/aromatic N) is 10. The molecule has 20 atom stereocenters. The summed E-state index contributed by atoms with van der Waals surface area (Å²) in [5, 5.41) is 34.0. The van der Waals surface area contributed by atoms with Crippen LogP contribution in [0.25, 0.3) is 31.3 Å². The molecule has 3 aliphatic heterocycles. The van der Waals surface area contributed by atoms with Gasteiger partial charge in [-0.15, -0.1) is 0 Å². The second kappa shape index (κ2) is 45.0. The zero-order chi connectivity index (χ0) is 83.9. The lowest BCUT2D eigenvalue weighted by atomic mass is 9.80. The standard InChI is InChI=1S/C81H93N13O24/c1-48(94(41-53-24-12-6-13-25-53)81(103)109-46-58-34-22-11-23-35-58)60-37-36-59(89-92-83)76(113-60)117-71-65(88-80(102)108-45-57-32-20-10-21-33-57)70(106-43-55-28-16-8-17-29-55)64(87-75(100)61(105-42-54-26-14-7-15-27-54)38-39-85-79(101)107-44-56-30-18-9-19-31-56)67(99)73(71)118-78-74(112-52(5)98)69(63(115-78)47-104-49(2)95)116-77-66(90-93-84)72(111-51(4)97)68(110-50(3)96)62(114-77)40-86-91-82/h6-35,48,59-74,76-78,99H,36-47H2,1-5H3,(H,85,101)(H,87,100)(H,88,102)/t48-,59-,60+,61+,62+,63-,64+,65+,66-,67+,68-,69-,70-,71-,72-,73-,74-,76-,77-,78+/m1/s1. The van der Waals surface area contributed by atoms with Gasteiger partial charge in [-0.05, 0) is 69.7 Å². The van der Waals surface area contributed by atoms with Crippen molar-refractivity contribution in [2.75, 3.05) is 19.7 Å². The number of carbonyl (C=O) groups is 8. The van der Waals surface area contributed by atoms with Crippen molar-refractivity contribution in [1.82, 2.24) is 20.9 Å². The quantitative estimate of drug-likeness (QED) is 0.00925. The lowest BCUT2D eigenvalue weighted by Crippen LogP contribution is -2.74. The largest absolute Gasteiger partial charge is 0.463 e. The number of hydrogen-bond donors (Lipinski definition) is 4. The van der Waals surface area contributed by atoms with Crippen molar-refractivity contribution in [3.8, 4) is 0 Å². The molecule has 37 nitrogen and oxygen atoms in total. The van der Waals surface area contributed by atoms with Crippen LogP contribution in [0.2, 0.25) is 0 Å². The molecular weight excluding hydrogens is 1540 g/mol. The minimum Gasteiger partial charge on any atom is -0.463 e. The predicted molar refractivity (Wildman–Crippen MR) is 412 cm³/mol. The second-order valence-electron chi connectivity index (χ2n) is 27.9. The molecule has 0 bridgehead atoms. The molecule has 3 heterocycles. The zero-order valence-corrected chi connectivity index (χ0v) is 65.2. The normalized spacial score (nSPS) is 25.6. The lowest BCUT2D eigenvalue weighted by molar-refractivity contribution is -0.303. The van der Waals surface area contributed by atoms with Gasteiger partial charge in [0.1, 0.15) is 81.3 Å². The molecule has 37 heteroatoms. The maximum atomic E-state index is 15.8. The molecule has 1 aliphatic carbocycles. The van der Waals surface area contributed by atoms with E-state index in [4.69, 9.17) is 71.1 Å². The molecule has 10 rings (SSSR count). The number of aliphatic hydroxyl groups is 1. The lowest BCUT2D eigenvalue weighted by Gasteiger charge is -2.51. The number of alkyl carbamates (subject to hydrolysis) is 2. The number of nitrogens with one attached hydrogen (secondary N) is 3. The minimum atomic E-state index is -2.24. The summed E-state index contributed by atoms with van der Waals surface area (Å²) in [6, 6.07) is 45.3. The van der Waals surface area contributed by atoms with Gasteiger partial charge in [0.25, 0.3) is 0 Å². The van der Waals surface area contributed by atoms with Crippen molar-refractivity contribution in [3.63, 3.8) is 0 Å². The molecule has 6 aromatic rings. The van der Waals surface area contributed by atoms with E-state index in [-0.39, 0.29) is 65.4 Å². The van der Waals surface area contributed by atoms with Gasteiger partial charge in [-0.2, -0.15) is 0 Å². The highest BCUT2D eigenvalue weighted by molar-refractivity contribution is 5.81.